The normalized spacial score (nSPS) is 24.8. The summed E-state index contributed by atoms with van der Waals surface area (Å²) in [6.45, 7) is 4.57. The van der Waals surface area contributed by atoms with Gasteiger partial charge in [0, 0.05) is 0 Å². The zero-order valence-corrected chi connectivity index (χ0v) is 12.3. The minimum absolute atomic E-state index is 0.0249. The van der Waals surface area contributed by atoms with Gasteiger partial charge in [-0.25, -0.2) is 9.18 Å². The molecule has 1 aliphatic rings. The highest BCUT2D eigenvalue weighted by molar-refractivity contribution is 5.70. The maximum atomic E-state index is 13.1. The van der Waals surface area contributed by atoms with Crippen LogP contribution < -0.4 is 5.32 Å². The van der Waals surface area contributed by atoms with E-state index in [2.05, 4.69) is 5.32 Å². The van der Waals surface area contributed by atoms with Gasteiger partial charge in [-0.3, -0.25) is 4.79 Å². The van der Waals surface area contributed by atoms with Gasteiger partial charge in [-0.05, 0) is 52.4 Å². The van der Waals surface area contributed by atoms with E-state index in [-0.39, 0.29) is 11.8 Å². The molecule has 0 heterocycles. The Bertz CT molecular complexity index is 346. The Kier molecular flexibility index (Phi) is 5.77. The third-order valence-corrected chi connectivity index (χ3v) is 3.56. The molecular formula is C14H24FNO4. The van der Waals surface area contributed by atoms with Gasteiger partial charge in [0.2, 0.25) is 0 Å². The largest absolute Gasteiger partial charge is 0.481 e. The van der Waals surface area contributed by atoms with Gasteiger partial charge in [-0.2, -0.15) is 0 Å². The number of ether oxygens (including phenoxy) is 1. The summed E-state index contributed by atoms with van der Waals surface area (Å²) in [7, 11) is 0. The third-order valence-electron chi connectivity index (χ3n) is 3.56. The van der Waals surface area contributed by atoms with Crippen molar-refractivity contribution >= 4 is 12.1 Å². The zero-order chi connectivity index (χ0) is 15.3. The van der Waals surface area contributed by atoms with E-state index in [9.17, 15) is 14.0 Å². The summed E-state index contributed by atoms with van der Waals surface area (Å²) in [6, 6.07) is -0.598. The Labute approximate surface area is 118 Å². The minimum atomic E-state index is -0.791. The maximum Gasteiger partial charge on any atom is 0.407 e. The van der Waals surface area contributed by atoms with E-state index < -0.39 is 30.4 Å². The molecule has 0 radical (unpaired) electrons. The van der Waals surface area contributed by atoms with Crippen molar-refractivity contribution in [2.24, 2.45) is 11.8 Å². The first kappa shape index (κ1) is 16.7. The van der Waals surface area contributed by atoms with Crippen molar-refractivity contribution in [1.29, 1.82) is 0 Å². The number of carboxylic acid groups (broad SMARTS) is 1. The number of hydrogen-bond acceptors (Lipinski definition) is 3. The first-order valence-corrected chi connectivity index (χ1v) is 7.01. The molecule has 0 saturated heterocycles. The first-order chi connectivity index (χ1) is 9.23. The molecule has 1 saturated carbocycles. The van der Waals surface area contributed by atoms with Crippen molar-refractivity contribution in [2.45, 2.75) is 58.1 Å². The van der Waals surface area contributed by atoms with Crippen LogP contribution in [0, 0.1) is 11.8 Å². The number of alkyl carbamates (subject to hydrolysis) is 1. The maximum absolute atomic E-state index is 13.1. The Morgan fingerprint density at radius 3 is 2.25 bits per heavy atom. The van der Waals surface area contributed by atoms with Crippen LogP contribution in [-0.2, 0) is 9.53 Å². The number of hydrogen-bond donors (Lipinski definition) is 2. The van der Waals surface area contributed by atoms with E-state index in [4.69, 9.17) is 9.84 Å². The molecule has 0 aromatic rings. The van der Waals surface area contributed by atoms with Gasteiger partial charge in [0.05, 0.1) is 12.0 Å². The molecule has 5 nitrogen and oxygen atoms in total. The lowest BCUT2D eigenvalue weighted by Gasteiger charge is -2.32. The zero-order valence-electron chi connectivity index (χ0n) is 12.3. The van der Waals surface area contributed by atoms with Gasteiger partial charge in [0.15, 0.2) is 0 Å². The topological polar surface area (TPSA) is 75.6 Å². The second-order valence-corrected chi connectivity index (χ2v) is 6.36. The van der Waals surface area contributed by atoms with Crippen molar-refractivity contribution in [3.63, 3.8) is 0 Å². The van der Waals surface area contributed by atoms with Crippen molar-refractivity contribution in [1.82, 2.24) is 5.32 Å². The van der Waals surface area contributed by atoms with Crippen LogP contribution in [0.1, 0.15) is 46.5 Å². The number of amides is 1. The standard InChI is InChI=1S/C14H24FNO4/c1-14(2,3)20-13(19)16-11(8-15)9-4-6-10(7-5-9)12(17)18/h9-11H,4-8H2,1-3H3,(H,16,19)(H,17,18)/t9-,10-,11?. The van der Waals surface area contributed by atoms with Crippen molar-refractivity contribution in [3.8, 4) is 0 Å². The quantitative estimate of drug-likeness (QED) is 0.834. The second-order valence-electron chi connectivity index (χ2n) is 6.36. The highest BCUT2D eigenvalue weighted by atomic mass is 19.1. The number of halogens is 1. The number of carbonyl (C=O) groups is 2. The molecule has 1 atom stereocenters. The molecule has 0 aromatic heterocycles. The molecular weight excluding hydrogens is 265 g/mol. The van der Waals surface area contributed by atoms with E-state index in [1.54, 1.807) is 20.8 Å². The molecule has 20 heavy (non-hydrogen) atoms. The molecule has 1 fully saturated rings. The lowest BCUT2D eigenvalue weighted by Crippen LogP contribution is -2.45. The summed E-state index contributed by atoms with van der Waals surface area (Å²) in [6.07, 6.45) is 1.67. The van der Waals surface area contributed by atoms with Gasteiger partial charge in [-0.1, -0.05) is 0 Å². The first-order valence-electron chi connectivity index (χ1n) is 7.01. The molecule has 116 valence electrons. The van der Waals surface area contributed by atoms with Crippen LogP contribution in [0.5, 0.6) is 0 Å². The Hall–Kier alpha value is -1.33. The molecule has 0 aliphatic heterocycles. The van der Waals surface area contributed by atoms with Crippen LogP contribution in [0.25, 0.3) is 0 Å². The highest BCUT2D eigenvalue weighted by Gasteiger charge is 2.32. The Morgan fingerprint density at radius 2 is 1.85 bits per heavy atom. The fraction of sp³-hybridized carbons (Fsp3) is 0.857. The average molecular weight is 289 g/mol. The molecule has 6 heteroatoms. The third kappa shape index (κ3) is 5.35. The Balaban J connectivity index is 2.47. The summed E-state index contributed by atoms with van der Waals surface area (Å²) in [4.78, 5) is 22.5. The summed E-state index contributed by atoms with van der Waals surface area (Å²) >= 11 is 0. The summed E-state index contributed by atoms with van der Waals surface area (Å²) < 4.78 is 18.2. The van der Waals surface area contributed by atoms with Crippen LogP contribution in [0.3, 0.4) is 0 Å². The molecule has 0 spiro atoms. The van der Waals surface area contributed by atoms with Crippen LogP contribution in [0.2, 0.25) is 0 Å². The van der Waals surface area contributed by atoms with Crippen LogP contribution >= 0.6 is 0 Å². The SMILES string of the molecule is CC(C)(C)OC(=O)NC(CF)[C@H]1CC[C@H](C(=O)O)CC1. The fourth-order valence-electron chi connectivity index (χ4n) is 2.51. The van der Waals surface area contributed by atoms with E-state index in [1.807, 2.05) is 0 Å². The number of rotatable bonds is 4. The van der Waals surface area contributed by atoms with Crippen molar-refractivity contribution in [3.05, 3.63) is 0 Å². The van der Waals surface area contributed by atoms with Crippen LogP contribution in [-0.4, -0.2) is 35.5 Å². The van der Waals surface area contributed by atoms with Crippen molar-refractivity contribution < 1.29 is 23.8 Å². The smallest absolute Gasteiger partial charge is 0.407 e. The molecule has 0 bridgehead atoms. The highest BCUT2D eigenvalue weighted by Crippen LogP contribution is 2.31. The number of carbonyl (C=O) groups excluding carboxylic acids is 1. The predicted molar refractivity (Wildman–Crippen MR) is 72.2 cm³/mol. The van der Waals surface area contributed by atoms with Gasteiger partial charge < -0.3 is 15.2 Å². The minimum Gasteiger partial charge on any atom is -0.481 e. The summed E-state index contributed by atoms with van der Waals surface area (Å²) in [5.41, 5.74) is -0.619. The van der Waals surface area contributed by atoms with Gasteiger partial charge >= 0.3 is 12.1 Å². The van der Waals surface area contributed by atoms with E-state index in [1.165, 1.54) is 0 Å². The van der Waals surface area contributed by atoms with E-state index in [0.717, 1.165) is 0 Å². The number of carboxylic acids is 1. The second kappa shape index (κ2) is 6.90. The Morgan fingerprint density at radius 1 is 1.30 bits per heavy atom. The molecule has 1 aliphatic carbocycles. The van der Waals surface area contributed by atoms with Crippen molar-refractivity contribution in [2.75, 3.05) is 6.67 Å². The lowest BCUT2D eigenvalue weighted by molar-refractivity contribution is -0.143. The molecule has 0 aromatic carbocycles. The van der Waals surface area contributed by atoms with E-state index in [0.29, 0.717) is 25.7 Å². The number of aliphatic carboxylic acids is 1. The molecule has 1 unspecified atom stereocenters. The average Bonchev–Trinajstić information content (AvgIpc) is 2.34. The monoisotopic (exact) mass is 289 g/mol. The molecule has 1 amide bonds. The number of nitrogens with one attached hydrogen (secondary N) is 1. The molecule has 2 N–H and O–H groups in total. The predicted octanol–water partition coefficient (Wildman–Crippen LogP) is 2.74. The van der Waals surface area contributed by atoms with Gasteiger partial charge in [-0.15, -0.1) is 0 Å². The van der Waals surface area contributed by atoms with Crippen LogP contribution in [0.15, 0.2) is 0 Å². The molecule has 1 rings (SSSR count). The fourth-order valence-corrected chi connectivity index (χ4v) is 2.51. The van der Waals surface area contributed by atoms with Gasteiger partial charge in [0.25, 0.3) is 0 Å². The summed E-state index contributed by atoms with van der Waals surface area (Å²) in [5, 5.41) is 11.5. The number of alkyl halides is 1. The van der Waals surface area contributed by atoms with Crippen LogP contribution in [0.4, 0.5) is 9.18 Å². The van der Waals surface area contributed by atoms with Gasteiger partial charge in [0.1, 0.15) is 12.3 Å². The summed E-state index contributed by atoms with van der Waals surface area (Å²) in [5.74, 6) is -1.16. The lowest BCUT2D eigenvalue weighted by atomic mass is 9.79. The van der Waals surface area contributed by atoms with E-state index >= 15 is 0 Å².